The molecular weight excluding hydrogens is 254 g/mol. The van der Waals surface area contributed by atoms with Crippen molar-refractivity contribution in [3.63, 3.8) is 0 Å². The van der Waals surface area contributed by atoms with Crippen molar-refractivity contribution in [3.05, 3.63) is 36.9 Å². The number of hydrogen-bond acceptors (Lipinski definition) is 6. The first-order valence-electron chi connectivity index (χ1n) is 6.57. The molecule has 0 aliphatic carbocycles. The molecule has 0 radical (unpaired) electrons. The first-order chi connectivity index (χ1) is 9.81. The quantitative estimate of drug-likeness (QED) is 0.916. The van der Waals surface area contributed by atoms with Gasteiger partial charge in [-0.1, -0.05) is 0 Å². The first-order valence-corrected chi connectivity index (χ1v) is 6.57. The second kappa shape index (κ2) is 5.64. The van der Waals surface area contributed by atoms with Crippen molar-refractivity contribution in [1.29, 1.82) is 0 Å². The van der Waals surface area contributed by atoms with E-state index in [1.807, 2.05) is 18.2 Å². The number of nitrogens with one attached hydrogen (secondary N) is 1. The molecule has 1 fully saturated rings. The molecule has 0 aromatic carbocycles. The molecule has 0 amide bonds. The summed E-state index contributed by atoms with van der Waals surface area (Å²) >= 11 is 0. The van der Waals surface area contributed by atoms with Crippen molar-refractivity contribution in [2.75, 3.05) is 23.3 Å². The van der Waals surface area contributed by atoms with Gasteiger partial charge in [0.05, 0.1) is 0 Å². The highest BCUT2D eigenvalue weighted by Crippen LogP contribution is 2.20. The molecule has 6 heteroatoms. The summed E-state index contributed by atoms with van der Waals surface area (Å²) in [6.45, 7) is 1.45. The molecule has 1 saturated heterocycles. The maximum Gasteiger partial charge on any atom is 0.136 e. The molecule has 3 heterocycles. The van der Waals surface area contributed by atoms with Crippen molar-refractivity contribution < 1.29 is 4.79 Å². The lowest BCUT2D eigenvalue weighted by molar-refractivity contribution is -0.119. The Morgan fingerprint density at radius 3 is 2.60 bits per heavy atom. The largest absolute Gasteiger partial charge is 0.356 e. The van der Waals surface area contributed by atoms with Gasteiger partial charge in [-0.25, -0.2) is 9.97 Å². The molecule has 0 saturated carbocycles. The number of aromatic nitrogens is 3. The molecule has 0 unspecified atom stereocenters. The van der Waals surface area contributed by atoms with Crippen LogP contribution in [0.2, 0.25) is 0 Å². The molecule has 2 aromatic rings. The third-order valence-electron chi connectivity index (χ3n) is 3.25. The predicted octanol–water partition coefficient (Wildman–Crippen LogP) is 1.78. The number of Topliss-reactive ketones (excluding diaryl/α,β-unsaturated/α-hetero) is 1. The third-order valence-corrected chi connectivity index (χ3v) is 3.25. The number of ketones is 1. The summed E-state index contributed by atoms with van der Waals surface area (Å²) in [7, 11) is 0. The molecule has 2 aromatic heterocycles. The minimum Gasteiger partial charge on any atom is -0.356 e. The number of carbonyl (C=O) groups is 1. The first kappa shape index (κ1) is 12.5. The van der Waals surface area contributed by atoms with Crippen molar-refractivity contribution >= 4 is 23.1 Å². The van der Waals surface area contributed by atoms with Crippen LogP contribution in [0, 0.1) is 0 Å². The van der Waals surface area contributed by atoms with Gasteiger partial charge in [-0.05, 0) is 12.1 Å². The van der Waals surface area contributed by atoms with Crippen LogP contribution in [0.3, 0.4) is 0 Å². The highest BCUT2D eigenvalue weighted by Gasteiger charge is 2.17. The highest BCUT2D eigenvalue weighted by atomic mass is 16.1. The van der Waals surface area contributed by atoms with Crippen LogP contribution in [-0.4, -0.2) is 33.8 Å². The summed E-state index contributed by atoms with van der Waals surface area (Å²) in [4.78, 5) is 25.8. The molecule has 1 N–H and O–H groups in total. The van der Waals surface area contributed by atoms with Crippen LogP contribution in [0.25, 0.3) is 0 Å². The summed E-state index contributed by atoms with van der Waals surface area (Å²) in [6, 6.07) is 5.65. The van der Waals surface area contributed by atoms with Gasteiger partial charge in [0.1, 0.15) is 23.7 Å². The number of hydrogen-bond donors (Lipinski definition) is 1. The van der Waals surface area contributed by atoms with E-state index in [0.29, 0.717) is 18.6 Å². The Labute approximate surface area is 116 Å². The Hall–Kier alpha value is -2.50. The van der Waals surface area contributed by atoms with E-state index in [9.17, 15) is 4.79 Å². The molecule has 0 spiro atoms. The van der Waals surface area contributed by atoms with Gasteiger partial charge in [-0.15, -0.1) is 0 Å². The molecule has 20 heavy (non-hydrogen) atoms. The molecular formula is C14H15N5O. The predicted molar refractivity (Wildman–Crippen MR) is 76.0 cm³/mol. The van der Waals surface area contributed by atoms with Crippen LogP contribution < -0.4 is 10.2 Å². The fourth-order valence-electron chi connectivity index (χ4n) is 2.16. The van der Waals surface area contributed by atoms with Gasteiger partial charge >= 0.3 is 0 Å². The molecule has 0 atom stereocenters. The van der Waals surface area contributed by atoms with Gasteiger partial charge < -0.3 is 10.2 Å². The van der Waals surface area contributed by atoms with E-state index >= 15 is 0 Å². The van der Waals surface area contributed by atoms with Crippen molar-refractivity contribution in [2.45, 2.75) is 12.8 Å². The summed E-state index contributed by atoms with van der Waals surface area (Å²) in [5.41, 5.74) is 0.929. The Balaban J connectivity index is 1.74. The Morgan fingerprint density at radius 2 is 1.85 bits per heavy atom. The summed E-state index contributed by atoms with van der Waals surface area (Å²) in [5.74, 6) is 1.91. The SMILES string of the molecule is O=C1CCN(c2cc(Nc3ccncc3)ncn2)CC1. The van der Waals surface area contributed by atoms with Crippen LogP contribution in [0.5, 0.6) is 0 Å². The topological polar surface area (TPSA) is 71.0 Å². The molecule has 1 aliphatic heterocycles. The van der Waals surface area contributed by atoms with Crippen LogP contribution in [0.1, 0.15) is 12.8 Å². The van der Waals surface area contributed by atoms with Gasteiger partial charge in [0.15, 0.2) is 0 Å². The van der Waals surface area contributed by atoms with Gasteiger partial charge in [0, 0.05) is 50.1 Å². The number of pyridine rings is 1. The van der Waals surface area contributed by atoms with E-state index < -0.39 is 0 Å². The minimum atomic E-state index is 0.324. The zero-order valence-electron chi connectivity index (χ0n) is 11.0. The lowest BCUT2D eigenvalue weighted by atomic mass is 10.1. The monoisotopic (exact) mass is 269 g/mol. The lowest BCUT2D eigenvalue weighted by Crippen LogP contribution is -2.34. The van der Waals surface area contributed by atoms with E-state index in [1.165, 1.54) is 6.33 Å². The maximum atomic E-state index is 11.3. The van der Waals surface area contributed by atoms with Crippen LogP contribution in [0.4, 0.5) is 17.3 Å². The van der Waals surface area contributed by atoms with Gasteiger partial charge in [-0.3, -0.25) is 9.78 Å². The zero-order valence-corrected chi connectivity index (χ0v) is 11.0. The van der Waals surface area contributed by atoms with Crippen molar-refractivity contribution in [3.8, 4) is 0 Å². The normalized spacial score (nSPS) is 15.2. The van der Waals surface area contributed by atoms with E-state index in [2.05, 4.69) is 25.2 Å². The molecule has 0 bridgehead atoms. The van der Waals surface area contributed by atoms with E-state index in [4.69, 9.17) is 0 Å². The maximum absolute atomic E-state index is 11.3. The van der Waals surface area contributed by atoms with Crippen molar-refractivity contribution in [1.82, 2.24) is 15.0 Å². The van der Waals surface area contributed by atoms with Crippen molar-refractivity contribution in [2.24, 2.45) is 0 Å². The van der Waals surface area contributed by atoms with Crippen LogP contribution >= 0.6 is 0 Å². The molecule has 6 nitrogen and oxygen atoms in total. The summed E-state index contributed by atoms with van der Waals surface area (Å²) in [5, 5.41) is 3.21. The van der Waals surface area contributed by atoms with Crippen LogP contribution in [0.15, 0.2) is 36.9 Å². The van der Waals surface area contributed by atoms with Crippen LogP contribution in [-0.2, 0) is 4.79 Å². The Kier molecular flexibility index (Phi) is 3.54. The van der Waals surface area contributed by atoms with E-state index in [1.54, 1.807) is 12.4 Å². The van der Waals surface area contributed by atoms with Gasteiger partial charge in [0.25, 0.3) is 0 Å². The van der Waals surface area contributed by atoms with Gasteiger partial charge in [-0.2, -0.15) is 0 Å². The second-order valence-corrected chi connectivity index (χ2v) is 4.65. The average molecular weight is 269 g/mol. The number of rotatable bonds is 3. The smallest absolute Gasteiger partial charge is 0.136 e. The molecule has 3 rings (SSSR count). The highest BCUT2D eigenvalue weighted by molar-refractivity contribution is 5.80. The number of piperidine rings is 1. The summed E-state index contributed by atoms with van der Waals surface area (Å²) < 4.78 is 0. The second-order valence-electron chi connectivity index (χ2n) is 4.65. The minimum absolute atomic E-state index is 0.324. The van der Waals surface area contributed by atoms with E-state index in [-0.39, 0.29) is 0 Å². The molecule has 1 aliphatic rings. The number of anilines is 3. The van der Waals surface area contributed by atoms with E-state index in [0.717, 1.165) is 30.4 Å². The standard InChI is InChI=1S/C14H15N5O/c20-12-3-7-19(8-4-12)14-9-13(16-10-17-14)18-11-1-5-15-6-2-11/h1-2,5-6,9-10H,3-4,7-8H2,(H,15,16,17,18). The zero-order chi connectivity index (χ0) is 13.8. The fourth-order valence-corrected chi connectivity index (χ4v) is 2.16. The number of carbonyl (C=O) groups excluding carboxylic acids is 1. The Bertz CT molecular complexity index is 592. The Morgan fingerprint density at radius 1 is 1.10 bits per heavy atom. The fraction of sp³-hybridized carbons (Fsp3) is 0.286. The average Bonchev–Trinajstić information content (AvgIpc) is 2.49. The number of nitrogens with zero attached hydrogens (tertiary/aromatic N) is 4. The lowest BCUT2D eigenvalue weighted by Gasteiger charge is -2.27. The van der Waals surface area contributed by atoms with Gasteiger partial charge in [0.2, 0.25) is 0 Å². The summed E-state index contributed by atoms with van der Waals surface area (Å²) in [6.07, 6.45) is 6.17. The molecule has 102 valence electrons. The third kappa shape index (κ3) is 2.90.